The van der Waals surface area contributed by atoms with Crippen LogP contribution in [0.2, 0.25) is 0 Å². The monoisotopic (exact) mass is 503 g/mol. The zero-order valence-corrected chi connectivity index (χ0v) is 21.4. The van der Waals surface area contributed by atoms with Gasteiger partial charge in [-0.05, 0) is 73.8 Å². The molecule has 7 nitrogen and oxygen atoms in total. The molecule has 0 unspecified atom stereocenters. The average Bonchev–Trinajstić information content (AvgIpc) is 2.82. The third kappa shape index (κ3) is 7.01. The van der Waals surface area contributed by atoms with Crippen LogP contribution in [0, 0.1) is 5.92 Å². The zero-order valence-electron chi connectivity index (χ0n) is 19.7. The summed E-state index contributed by atoms with van der Waals surface area (Å²) >= 11 is 5.29. The van der Waals surface area contributed by atoms with E-state index in [2.05, 4.69) is 24.5 Å². The first-order valence-corrected chi connectivity index (χ1v) is 13.6. The molecular weight excluding hydrogens is 470 g/mol. The van der Waals surface area contributed by atoms with Crippen LogP contribution in [0.5, 0.6) is 5.75 Å². The van der Waals surface area contributed by atoms with Crippen LogP contribution in [0.1, 0.15) is 56.3 Å². The maximum absolute atomic E-state index is 12.9. The Morgan fingerprint density at radius 1 is 1.09 bits per heavy atom. The second-order valence-corrected chi connectivity index (χ2v) is 10.9. The third-order valence-corrected chi connectivity index (χ3v) is 7.97. The van der Waals surface area contributed by atoms with E-state index in [9.17, 15) is 13.2 Å². The fraction of sp³-hybridized carbons (Fsp3) is 0.440. The van der Waals surface area contributed by atoms with Crippen molar-refractivity contribution in [3.63, 3.8) is 0 Å². The van der Waals surface area contributed by atoms with Crippen molar-refractivity contribution in [2.75, 3.05) is 25.0 Å². The molecule has 1 heterocycles. The maximum Gasteiger partial charge on any atom is 0.261 e. The van der Waals surface area contributed by atoms with Crippen molar-refractivity contribution in [1.29, 1.82) is 0 Å². The Balaban J connectivity index is 1.58. The summed E-state index contributed by atoms with van der Waals surface area (Å²) in [4.78, 5) is 13.0. The number of nitrogens with one attached hydrogen (secondary N) is 2. The molecule has 1 fully saturated rings. The van der Waals surface area contributed by atoms with Gasteiger partial charge >= 0.3 is 0 Å². The number of carbonyl (C=O) groups excluding carboxylic acids is 1. The van der Waals surface area contributed by atoms with E-state index in [1.54, 1.807) is 46.8 Å². The van der Waals surface area contributed by atoms with E-state index in [0.717, 1.165) is 32.1 Å². The number of nitrogens with zero attached hydrogens (tertiary/aromatic N) is 1. The predicted octanol–water partition coefficient (Wildman–Crippen LogP) is 4.80. The van der Waals surface area contributed by atoms with Crippen LogP contribution in [0.25, 0.3) is 0 Å². The minimum absolute atomic E-state index is 0.117. The first-order valence-electron chi connectivity index (χ1n) is 11.8. The average molecular weight is 504 g/mol. The second kappa shape index (κ2) is 12.3. The summed E-state index contributed by atoms with van der Waals surface area (Å²) in [6, 6.07) is 13.4. The lowest BCUT2D eigenvalue weighted by molar-refractivity contribution is 0.0973. The van der Waals surface area contributed by atoms with Gasteiger partial charge in [0, 0.05) is 18.8 Å². The van der Waals surface area contributed by atoms with Gasteiger partial charge in [-0.15, -0.1) is 0 Å². The Morgan fingerprint density at radius 3 is 2.44 bits per heavy atom. The van der Waals surface area contributed by atoms with Crippen LogP contribution in [0.15, 0.2) is 53.4 Å². The molecule has 0 radical (unpaired) electrons. The molecule has 0 bridgehead atoms. The van der Waals surface area contributed by atoms with Crippen LogP contribution in [-0.2, 0) is 10.0 Å². The van der Waals surface area contributed by atoms with Crippen molar-refractivity contribution < 1.29 is 17.9 Å². The summed E-state index contributed by atoms with van der Waals surface area (Å²) in [6.45, 7) is 5.90. The molecule has 0 aliphatic carbocycles. The lowest BCUT2D eigenvalue weighted by Gasteiger charge is -2.29. The molecule has 34 heavy (non-hydrogen) atoms. The lowest BCUT2D eigenvalue weighted by Crippen LogP contribution is -2.37. The highest BCUT2D eigenvalue weighted by Crippen LogP contribution is 2.24. The SMILES string of the molecule is CCCCCOc1ccccc1C(=O)NC(=S)Nc1ccc(S(=O)(=O)N2CCC(C)CC2)cc1. The number of unbranched alkanes of at least 4 members (excludes halogenated alkanes) is 2. The van der Waals surface area contributed by atoms with E-state index in [-0.39, 0.29) is 15.9 Å². The van der Waals surface area contributed by atoms with Crippen LogP contribution < -0.4 is 15.4 Å². The summed E-state index contributed by atoms with van der Waals surface area (Å²) in [5, 5.41) is 5.72. The van der Waals surface area contributed by atoms with E-state index in [1.165, 1.54) is 0 Å². The molecule has 1 amide bonds. The van der Waals surface area contributed by atoms with Crippen molar-refractivity contribution in [3.8, 4) is 5.75 Å². The Bertz CT molecular complexity index is 1080. The minimum atomic E-state index is -3.51. The maximum atomic E-state index is 12.9. The summed E-state index contributed by atoms with van der Waals surface area (Å²) < 4.78 is 33.1. The van der Waals surface area contributed by atoms with Crippen molar-refractivity contribution in [1.82, 2.24) is 9.62 Å². The molecule has 2 aromatic carbocycles. The number of hydrogen-bond donors (Lipinski definition) is 2. The van der Waals surface area contributed by atoms with E-state index in [0.29, 0.717) is 42.6 Å². The molecule has 1 aliphatic rings. The number of hydrogen-bond acceptors (Lipinski definition) is 5. The van der Waals surface area contributed by atoms with Gasteiger partial charge in [0.1, 0.15) is 5.75 Å². The fourth-order valence-corrected chi connectivity index (χ4v) is 5.41. The molecular formula is C25H33N3O4S2. The highest BCUT2D eigenvalue weighted by Gasteiger charge is 2.27. The number of sulfonamides is 1. The summed E-state index contributed by atoms with van der Waals surface area (Å²) in [5.74, 6) is 0.691. The molecule has 1 aliphatic heterocycles. The second-order valence-electron chi connectivity index (χ2n) is 8.57. The number of para-hydroxylation sites is 1. The number of carbonyl (C=O) groups is 1. The number of benzene rings is 2. The number of amides is 1. The van der Waals surface area contributed by atoms with Crippen molar-refractivity contribution in [2.45, 2.75) is 50.8 Å². The van der Waals surface area contributed by atoms with Crippen LogP contribution in [0.3, 0.4) is 0 Å². The number of piperidine rings is 1. The molecule has 3 rings (SSSR count). The van der Waals surface area contributed by atoms with E-state index >= 15 is 0 Å². The lowest BCUT2D eigenvalue weighted by atomic mass is 10.0. The summed E-state index contributed by atoms with van der Waals surface area (Å²) in [6.07, 6.45) is 4.84. The van der Waals surface area contributed by atoms with Gasteiger partial charge < -0.3 is 10.1 Å². The molecule has 0 aromatic heterocycles. The molecule has 9 heteroatoms. The van der Waals surface area contributed by atoms with Crippen molar-refractivity contribution >= 4 is 38.9 Å². The fourth-order valence-electron chi connectivity index (χ4n) is 3.73. The van der Waals surface area contributed by atoms with Gasteiger partial charge in [0.15, 0.2) is 5.11 Å². The third-order valence-electron chi connectivity index (χ3n) is 5.86. The van der Waals surface area contributed by atoms with Crippen molar-refractivity contribution in [3.05, 3.63) is 54.1 Å². The molecule has 0 atom stereocenters. The van der Waals surface area contributed by atoms with Crippen LogP contribution in [-0.4, -0.2) is 43.4 Å². The van der Waals surface area contributed by atoms with Gasteiger partial charge in [-0.3, -0.25) is 10.1 Å². The van der Waals surface area contributed by atoms with Crippen molar-refractivity contribution in [2.24, 2.45) is 5.92 Å². The predicted molar refractivity (Wildman–Crippen MR) is 139 cm³/mol. The quantitative estimate of drug-likeness (QED) is 0.377. The van der Waals surface area contributed by atoms with Gasteiger partial charge in [-0.25, -0.2) is 8.42 Å². The number of anilines is 1. The highest BCUT2D eigenvalue weighted by molar-refractivity contribution is 7.89. The zero-order chi connectivity index (χ0) is 24.6. The standard InChI is InChI=1S/C25H33N3O4S2/c1-3-4-7-18-32-23-9-6-5-8-22(23)24(29)27-25(33)26-20-10-12-21(13-11-20)34(30,31)28-16-14-19(2)15-17-28/h5-6,8-13,19H,3-4,7,14-18H2,1-2H3,(H2,26,27,29,33). The van der Waals surface area contributed by atoms with E-state index < -0.39 is 10.0 Å². The van der Waals surface area contributed by atoms with E-state index in [4.69, 9.17) is 17.0 Å². The molecule has 2 aromatic rings. The first-order chi connectivity index (χ1) is 16.3. The normalized spacial score (nSPS) is 15.0. The van der Waals surface area contributed by atoms with Gasteiger partial charge in [0.2, 0.25) is 10.0 Å². The number of rotatable bonds is 9. The molecule has 0 spiro atoms. The van der Waals surface area contributed by atoms with Crippen LogP contribution >= 0.6 is 12.2 Å². The van der Waals surface area contributed by atoms with Gasteiger partial charge in [0.05, 0.1) is 17.1 Å². The summed E-state index contributed by atoms with van der Waals surface area (Å²) in [7, 11) is -3.51. The minimum Gasteiger partial charge on any atom is -0.493 e. The largest absolute Gasteiger partial charge is 0.493 e. The number of ether oxygens (including phenoxy) is 1. The Morgan fingerprint density at radius 2 is 1.76 bits per heavy atom. The molecule has 2 N–H and O–H groups in total. The Hall–Kier alpha value is -2.49. The Labute approximate surface area is 207 Å². The van der Waals surface area contributed by atoms with Crippen LogP contribution in [0.4, 0.5) is 5.69 Å². The number of thiocarbonyl (C=S) groups is 1. The van der Waals surface area contributed by atoms with Gasteiger partial charge in [-0.2, -0.15) is 4.31 Å². The smallest absolute Gasteiger partial charge is 0.261 e. The first kappa shape index (κ1) is 26.1. The summed E-state index contributed by atoms with van der Waals surface area (Å²) in [5.41, 5.74) is 0.987. The van der Waals surface area contributed by atoms with Gasteiger partial charge in [0.25, 0.3) is 5.91 Å². The molecule has 1 saturated heterocycles. The van der Waals surface area contributed by atoms with Gasteiger partial charge in [-0.1, -0.05) is 38.8 Å². The Kier molecular flexibility index (Phi) is 9.44. The molecule has 0 saturated carbocycles. The molecule has 184 valence electrons. The highest BCUT2D eigenvalue weighted by atomic mass is 32.2. The van der Waals surface area contributed by atoms with E-state index in [1.807, 2.05) is 6.07 Å². The topological polar surface area (TPSA) is 87.7 Å².